The van der Waals surface area contributed by atoms with Crippen molar-refractivity contribution in [2.75, 3.05) is 32.8 Å². The topological polar surface area (TPSA) is 41.9 Å². The quantitative estimate of drug-likeness (QED) is 0.716. The summed E-state index contributed by atoms with van der Waals surface area (Å²) >= 11 is 0. The summed E-state index contributed by atoms with van der Waals surface area (Å²) in [7, 11) is 0. The van der Waals surface area contributed by atoms with Crippen LogP contribution >= 0.6 is 0 Å². The molecule has 1 N–H and O–H groups in total. The van der Waals surface area contributed by atoms with E-state index in [1.54, 1.807) is 0 Å². The molecule has 0 aliphatic carbocycles. The van der Waals surface area contributed by atoms with Crippen LogP contribution in [0, 0.1) is 0 Å². The number of benzene rings is 1. The molecular weight excluding hydrogens is 254 g/mol. The van der Waals surface area contributed by atoms with Crippen molar-refractivity contribution >= 4 is 0 Å². The van der Waals surface area contributed by atoms with Crippen LogP contribution in [0.4, 0.5) is 0 Å². The van der Waals surface area contributed by atoms with E-state index < -0.39 is 0 Å². The second-order valence-electron chi connectivity index (χ2n) is 4.65. The molecule has 1 aromatic carbocycles. The summed E-state index contributed by atoms with van der Waals surface area (Å²) in [6, 6.07) is 5.60. The molecule has 1 rings (SSSR count). The molecule has 0 aliphatic heterocycles. The van der Waals surface area contributed by atoms with Crippen molar-refractivity contribution < 1.29 is 14.6 Å². The largest absolute Gasteiger partial charge is 0.493 e. The van der Waals surface area contributed by atoms with E-state index in [0.29, 0.717) is 19.0 Å². The van der Waals surface area contributed by atoms with E-state index >= 15 is 0 Å². The van der Waals surface area contributed by atoms with E-state index in [-0.39, 0.29) is 6.61 Å². The Kier molecular flexibility index (Phi) is 8.07. The molecule has 114 valence electrons. The van der Waals surface area contributed by atoms with Gasteiger partial charge in [0.25, 0.3) is 0 Å². The van der Waals surface area contributed by atoms with Crippen molar-refractivity contribution in [1.29, 1.82) is 0 Å². The zero-order chi connectivity index (χ0) is 14.8. The summed E-state index contributed by atoms with van der Waals surface area (Å²) in [6.07, 6.45) is 0.972. The Bertz CT molecular complexity index is 378. The summed E-state index contributed by atoms with van der Waals surface area (Å²) < 4.78 is 11.4. The Morgan fingerprint density at radius 1 is 1.05 bits per heavy atom. The monoisotopic (exact) mass is 281 g/mol. The molecule has 1 aromatic rings. The minimum atomic E-state index is -0.0192. The summed E-state index contributed by atoms with van der Waals surface area (Å²) in [5.41, 5.74) is 0.799. The third-order valence-electron chi connectivity index (χ3n) is 3.24. The van der Waals surface area contributed by atoms with Crippen LogP contribution in [0.2, 0.25) is 0 Å². The number of aliphatic hydroxyl groups is 1. The lowest BCUT2D eigenvalue weighted by Gasteiger charge is -2.19. The van der Waals surface area contributed by atoms with Gasteiger partial charge in [-0.3, -0.25) is 0 Å². The maximum atomic E-state index is 9.36. The van der Waals surface area contributed by atoms with Crippen LogP contribution in [0.25, 0.3) is 0 Å². The average molecular weight is 281 g/mol. The smallest absolute Gasteiger partial charge is 0.128 e. The van der Waals surface area contributed by atoms with Gasteiger partial charge < -0.3 is 19.5 Å². The van der Waals surface area contributed by atoms with Crippen LogP contribution in [0.1, 0.15) is 32.8 Å². The van der Waals surface area contributed by atoms with Gasteiger partial charge in [0, 0.05) is 18.2 Å². The van der Waals surface area contributed by atoms with Gasteiger partial charge in [-0.1, -0.05) is 20.8 Å². The molecule has 0 radical (unpaired) electrons. The van der Waals surface area contributed by atoms with Gasteiger partial charge in [-0.2, -0.15) is 0 Å². The Hall–Kier alpha value is -1.26. The normalized spacial score (nSPS) is 10.8. The number of aliphatic hydroxyl groups excluding tert-OH is 1. The van der Waals surface area contributed by atoms with Gasteiger partial charge in [0.2, 0.25) is 0 Å². The summed E-state index contributed by atoms with van der Waals surface area (Å²) in [4.78, 5) is 2.30. The zero-order valence-electron chi connectivity index (χ0n) is 12.9. The molecule has 0 bridgehead atoms. The second-order valence-corrected chi connectivity index (χ2v) is 4.65. The van der Waals surface area contributed by atoms with E-state index in [2.05, 4.69) is 25.7 Å². The fourth-order valence-corrected chi connectivity index (χ4v) is 1.93. The standard InChI is InChI=1S/C16H27NO3/c1-4-10-19-15-8-7-14(13-18)16(12-15)20-11-9-17(5-2)6-3/h7-8,12,18H,4-6,9-11,13H2,1-3H3. The van der Waals surface area contributed by atoms with Crippen LogP contribution in [0.5, 0.6) is 11.5 Å². The Labute approximate surface area is 122 Å². The number of ether oxygens (including phenoxy) is 2. The first-order chi connectivity index (χ1) is 9.74. The highest BCUT2D eigenvalue weighted by atomic mass is 16.5. The van der Waals surface area contributed by atoms with Crippen LogP contribution < -0.4 is 9.47 Å². The maximum Gasteiger partial charge on any atom is 0.128 e. The van der Waals surface area contributed by atoms with E-state index in [4.69, 9.17) is 9.47 Å². The van der Waals surface area contributed by atoms with Crippen molar-refractivity contribution in [1.82, 2.24) is 4.90 Å². The lowest BCUT2D eigenvalue weighted by atomic mass is 10.2. The number of likely N-dealkylation sites (N-methyl/N-ethyl adjacent to an activating group) is 1. The SMILES string of the molecule is CCCOc1ccc(CO)c(OCCN(CC)CC)c1. The van der Waals surface area contributed by atoms with Crippen molar-refractivity contribution in [3.05, 3.63) is 23.8 Å². The fourth-order valence-electron chi connectivity index (χ4n) is 1.93. The predicted octanol–water partition coefficient (Wildman–Crippen LogP) is 2.69. The molecule has 4 heteroatoms. The Morgan fingerprint density at radius 3 is 2.40 bits per heavy atom. The molecule has 0 unspecified atom stereocenters. The minimum Gasteiger partial charge on any atom is -0.493 e. The van der Waals surface area contributed by atoms with E-state index in [0.717, 1.165) is 37.4 Å². The lowest BCUT2D eigenvalue weighted by Crippen LogP contribution is -2.28. The average Bonchev–Trinajstić information content (AvgIpc) is 2.49. The summed E-state index contributed by atoms with van der Waals surface area (Å²) in [5.74, 6) is 1.51. The molecule has 0 amide bonds. The van der Waals surface area contributed by atoms with Gasteiger partial charge in [-0.05, 0) is 31.6 Å². The molecule has 0 aromatic heterocycles. The maximum absolute atomic E-state index is 9.36. The second kappa shape index (κ2) is 9.61. The van der Waals surface area contributed by atoms with Crippen molar-refractivity contribution in [3.63, 3.8) is 0 Å². The molecule has 4 nitrogen and oxygen atoms in total. The van der Waals surface area contributed by atoms with E-state index in [1.807, 2.05) is 18.2 Å². The van der Waals surface area contributed by atoms with Gasteiger partial charge in [0.1, 0.15) is 18.1 Å². The van der Waals surface area contributed by atoms with E-state index in [1.165, 1.54) is 0 Å². The number of nitrogens with zero attached hydrogens (tertiary/aromatic N) is 1. The van der Waals surface area contributed by atoms with Crippen molar-refractivity contribution in [2.45, 2.75) is 33.8 Å². The lowest BCUT2D eigenvalue weighted by molar-refractivity contribution is 0.214. The van der Waals surface area contributed by atoms with Gasteiger partial charge in [0.15, 0.2) is 0 Å². The van der Waals surface area contributed by atoms with Crippen LogP contribution in [-0.4, -0.2) is 42.9 Å². The minimum absolute atomic E-state index is 0.0192. The number of rotatable bonds is 10. The molecule has 20 heavy (non-hydrogen) atoms. The van der Waals surface area contributed by atoms with Gasteiger partial charge in [0.05, 0.1) is 13.2 Å². The molecule has 0 fully saturated rings. The van der Waals surface area contributed by atoms with Gasteiger partial charge in [-0.25, -0.2) is 0 Å². The zero-order valence-corrected chi connectivity index (χ0v) is 12.9. The Morgan fingerprint density at radius 2 is 1.80 bits per heavy atom. The van der Waals surface area contributed by atoms with Crippen molar-refractivity contribution in [3.8, 4) is 11.5 Å². The molecule has 0 atom stereocenters. The predicted molar refractivity (Wildman–Crippen MR) is 81.4 cm³/mol. The third kappa shape index (κ3) is 5.39. The molecule has 0 spiro atoms. The van der Waals surface area contributed by atoms with Crippen molar-refractivity contribution in [2.24, 2.45) is 0 Å². The molecule has 0 heterocycles. The fraction of sp³-hybridized carbons (Fsp3) is 0.625. The highest BCUT2D eigenvalue weighted by Crippen LogP contribution is 2.25. The molecule has 0 saturated heterocycles. The third-order valence-corrected chi connectivity index (χ3v) is 3.24. The first-order valence-corrected chi connectivity index (χ1v) is 7.46. The Balaban J connectivity index is 2.61. The summed E-state index contributed by atoms with van der Waals surface area (Å²) in [5, 5.41) is 9.36. The molecular formula is C16H27NO3. The summed E-state index contributed by atoms with van der Waals surface area (Å²) in [6.45, 7) is 10.6. The molecule has 0 saturated carbocycles. The van der Waals surface area contributed by atoms with E-state index in [9.17, 15) is 5.11 Å². The van der Waals surface area contributed by atoms with Crippen LogP contribution in [0.15, 0.2) is 18.2 Å². The van der Waals surface area contributed by atoms with Gasteiger partial charge in [-0.15, -0.1) is 0 Å². The van der Waals surface area contributed by atoms with Crippen LogP contribution in [0.3, 0.4) is 0 Å². The highest BCUT2D eigenvalue weighted by molar-refractivity contribution is 5.40. The highest BCUT2D eigenvalue weighted by Gasteiger charge is 2.06. The van der Waals surface area contributed by atoms with Gasteiger partial charge >= 0.3 is 0 Å². The first kappa shape index (κ1) is 16.8. The molecule has 0 aliphatic rings. The number of hydrogen-bond donors (Lipinski definition) is 1. The first-order valence-electron chi connectivity index (χ1n) is 7.46. The van der Waals surface area contributed by atoms with Crippen LogP contribution in [-0.2, 0) is 6.61 Å². The number of hydrogen-bond acceptors (Lipinski definition) is 4.